The maximum absolute atomic E-state index is 5.46. The predicted octanol–water partition coefficient (Wildman–Crippen LogP) is 3.65. The van der Waals surface area contributed by atoms with Crippen LogP contribution in [0.25, 0.3) is 0 Å². The second kappa shape index (κ2) is 6.57. The SMILES string of the molecule is CCNC(Cc1cccs1)c1ccccc1OC. The third-order valence-electron chi connectivity index (χ3n) is 2.95. The highest BCUT2D eigenvalue weighted by Crippen LogP contribution is 2.28. The van der Waals surface area contributed by atoms with Crippen LogP contribution in [0.1, 0.15) is 23.4 Å². The molecule has 1 N–H and O–H groups in total. The molecule has 1 atom stereocenters. The molecule has 2 rings (SSSR count). The number of ether oxygens (including phenoxy) is 1. The van der Waals surface area contributed by atoms with Gasteiger partial charge in [-0.25, -0.2) is 0 Å². The third kappa shape index (κ3) is 3.12. The second-order valence-corrected chi connectivity index (χ2v) is 5.17. The lowest BCUT2D eigenvalue weighted by Crippen LogP contribution is -2.23. The van der Waals surface area contributed by atoms with Crippen molar-refractivity contribution in [3.05, 3.63) is 52.2 Å². The van der Waals surface area contributed by atoms with Crippen LogP contribution in [0.5, 0.6) is 5.75 Å². The number of hydrogen-bond donors (Lipinski definition) is 1. The summed E-state index contributed by atoms with van der Waals surface area (Å²) in [7, 11) is 1.73. The summed E-state index contributed by atoms with van der Waals surface area (Å²) in [5, 5.41) is 5.66. The smallest absolute Gasteiger partial charge is 0.123 e. The molecule has 18 heavy (non-hydrogen) atoms. The number of benzene rings is 1. The highest BCUT2D eigenvalue weighted by Gasteiger charge is 2.15. The average molecular weight is 261 g/mol. The Balaban J connectivity index is 2.23. The average Bonchev–Trinajstić information content (AvgIpc) is 2.91. The van der Waals surface area contributed by atoms with Gasteiger partial charge in [-0.3, -0.25) is 0 Å². The van der Waals surface area contributed by atoms with Crippen LogP contribution in [-0.2, 0) is 6.42 Å². The van der Waals surface area contributed by atoms with Gasteiger partial charge in [0.15, 0.2) is 0 Å². The Hall–Kier alpha value is -1.32. The van der Waals surface area contributed by atoms with Crippen molar-refractivity contribution in [1.29, 1.82) is 0 Å². The molecule has 96 valence electrons. The summed E-state index contributed by atoms with van der Waals surface area (Å²) < 4.78 is 5.46. The van der Waals surface area contributed by atoms with E-state index in [0.717, 1.165) is 18.7 Å². The first kappa shape index (κ1) is 13.1. The van der Waals surface area contributed by atoms with Gasteiger partial charge < -0.3 is 10.1 Å². The molecule has 0 aliphatic rings. The van der Waals surface area contributed by atoms with E-state index in [0.29, 0.717) is 6.04 Å². The third-order valence-corrected chi connectivity index (χ3v) is 3.85. The van der Waals surface area contributed by atoms with E-state index in [1.807, 2.05) is 12.1 Å². The van der Waals surface area contributed by atoms with Crippen molar-refractivity contribution in [1.82, 2.24) is 5.32 Å². The Kier molecular flexibility index (Phi) is 4.79. The van der Waals surface area contributed by atoms with Crippen LogP contribution in [0.3, 0.4) is 0 Å². The van der Waals surface area contributed by atoms with E-state index in [9.17, 15) is 0 Å². The highest BCUT2D eigenvalue weighted by molar-refractivity contribution is 7.09. The van der Waals surface area contributed by atoms with E-state index in [4.69, 9.17) is 4.74 Å². The van der Waals surface area contributed by atoms with Gasteiger partial charge in [-0.2, -0.15) is 0 Å². The monoisotopic (exact) mass is 261 g/mol. The van der Waals surface area contributed by atoms with Crippen molar-refractivity contribution in [3.63, 3.8) is 0 Å². The lowest BCUT2D eigenvalue weighted by atomic mass is 10.0. The van der Waals surface area contributed by atoms with E-state index in [1.165, 1.54) is 10.4 Å². The van der Waals surface area contributed by atoms with Gasteiger partial charge >= 0.3 is 0 Å². The Bertz CT molecular complexity index is 467. The van der Waals surface area contributed by atoms with E-state index in [-0.39, 0.29) is 0 Å². The molecular formula is C15H19NOS. The summed E-state index contributed by atoms with van der Waals surface area (Å²) in [5.74, 6) is 0.958. The molecule has 0 fully saturated rings. The molecule has 3 heteroatoms. The van der Waals surface area contributed by atoms with E-state index in [1.54, 1.807) is 18.4 Å². The van der Waals surface area contributed by atoms with Gasteiger partial charge in [-0.1, -0.05) is 31.2 Å². The molecule has 0 amide bonds. The van der Waals surface area contributed by atoms with Crippen molar-refractivity contribution in [2.75, 3.05) is 13.7 Å². The van der Waals surface area contributed by atoms with Crippen molar-refractivity contribution >= 4 is 11.3 Å². The highest BCUT2D eigenvalue weighted by atomic mass is 32.1. The molecule has 0 aliphatic carbocycles. The van der Waals surface area contributed by atoms with Crippen LogP contribution in [0.2, 0.25) is 0 Å². The van der Waals surface area contributed by atoms with Crippen molar-refractivity contribution in [2.45, 2.75) is 19.4 Å². The quantitative estimate of drug-likeness (QED) is 0.857. The van der Waals surface area contributed by atoms with E-state index >= 15 is 0 Å². The summed E-state index contributed by atoms with van der Waals surface area (Å²) in [5.41, 5.74) is 1.23. The maximum Gasteiger partial charge on any atom is 0.123 e. The van der Waals surface area contributed by atoms with Gasteiger partial charge in [0.25, 0.3) is 0 Å². The zero-order valence-corrected chi connectivity index (χ0v) is 11.7. The first-order chi connectivity index (χ1) is 8.85. The van der Waals surface area contributed by atoms with Gasteiger partial charge in [0.2, 0.25) is 0 Å². The molecule has 1 heterocycles. The summed E-state index contributed by atoms with van der Waals surface area (Å²) in [6, 6.07) is 12.8. The Morgan fingerprint density at radius 3 is 2.72 bits per heavy atom. The van der Waals surface area contributed by atoms with Crippen LogP contribution in [0.4, 0.5) is 0 Å². The Morgan fingerprint density at radius 2 is 2.06 bits per heavy atom. The molecular weight excluding hydrogens is 242 g/mol. The number of nitrogens with one attached hydrogen (secondary N) is 1. The summed E-state index contributed by atoms with van der Waals surface area (Å²) in [6.07, 6.45) is 1.01. The van der Waals surface area contributed by atoms with E-state index in [2.05, 4.69) is 41.9 Å². The van der Waals surface area contributed by atoms with Crippen LogP contribution in [0.15, 0.2) is 41.8 Å². The summed E-state index contributed by atoms with van der Waals surface area (Å²) in [6.45, 7) is 3.09. The minimum Gasteiger partial charge on any atom is -0.496 e. The molecule has 0 radical (unpaired) electrons. The molecule has 2 aromatic rings. The fraction of sp³-hybridized carbons (Fsp3) is 0.333. The van der Waals surface area contributed by atoms with Gasteiger partial charge in [-0.05, 0) is 24.1 Å². The molecule has 1 unspecified atom stereocenters. The fourth-order valence-electron chi connectivity index (χ4n) is 2.12. The van der Waals surface area contributed by atoms with Gasteiger partial charge in [-0.15, -0.1) is 11.3 Å². The summed E-state index contributed by atoms with van der Waals surface area (Å²) in [4.78, 5) is 1.40. The predicted molar refractivity (Wildman–Crippen MR) is 77.4 cm³/mol. The normalized spacial score (nSPS) is 12.3. The van der Waals surface area contributed by atoms with Crippen molar-refractivity contribution in [2.24, 2.45) is 0 Å². The zero-order chi connectivity index (χ0) is 12.8. The van der Waals surface area contributed by atoms with Gasteiger partial charge in [0.05, 0.1) is 7.11 Å². The number of methoxy groups -OCH3 is 1. The number of hydrogen-bond acceptors (Lipinski definition) is 3. The van der Waals surface area contributed by atoms with Crippen LogP contribution >= 0.6 is 11.3 Å². The fourth-order valence-corrected chi connectivity index (χ4v) is 2.87. The Labute approximate surface area is 113 Å². The topological polar surface area (TPSA) is 21.3 Å². The second-order valence-electron chi connectivity index (χ2n) is 4.14. The molecule has 1 aromatic heterocycles. The minimum atomic E-state index is 0.310. The summed E-state index contributed by atoms with van der Waals surface area (Å²) >= 11 is 1.80. The van der Waals surface area contributed by atoms with E-state index < -0.39 is 0 Å². The Morgan fingerprint density at radius 1 is 1.22 bits per heavy atom. The largest absolute Gasteiger partial charge is 0.496 e. The maximum atomic E-state index is 5.46. The van der Waals surface area contributed by atoms with Gasteiger partial charge in [0.1, 0.15) is 5.75 Å². The number of rotatable bonds is 6. The standard InChI is InChI=1S/C15H19NOS/c1-3-16-14(11-12-7-6-10-18-12)13-8-4-5-9-15(13)17-2/h4-10,14,16H,3,11H2,1-2H3. The van der Waals surface area contributed by atoms with Crippen molar-refractivity contribution < 1.29 is 4.74 Å². The number of para-hydroxylation sites is 1. The molecule has 0 saturated heterocycles. The molecule has 1 aromatic carbocycles. The molecule has 0 bridgehead atoms. The number of thiophene rings is 1. The number of likely N-dealkylation sites (N-methyl/N-ethyl adjacent to an activating group) is 1. The molecule has 2 nitrogen and oxygen atoms in total. The molecule has 0 saturated carbocycles. The zero-order valence-electron chi connectivity index (χ0n) is 10.8. The first-order valence-corrected chi connectivity index (χ1v) is 7.11. The van der Waals surface area contributed by atoms with Crippen LogP contribution in [0, 0.1) is 0 Å². The molecule has 0 aliphatic heterocycles. The first-order valence-electron chi connectivity index (χ1n) is 6.23. The van der Waals surface area contributed by atoms with Crippen molar-refractivity contribution in [3.8, 4) is 5.75 Å². The lowest BCUT2D eigenvalue weighted by Gasteiger charge is -2.20. The van der Waals surface area contributed by atoms with Crippen LogP contribution in [-0.4, -0.2) is 13.7 Å². The minimum absolute atomic E-state index is 0.310. The lowest BCUT2D eigenvalue weighted by molar-refractivity contribution is 0.399. The van der Waals surface area contributed by atoms with Crippen LogP contribution < -0.4 is 10.1 Å². The van der Waals surface area contributed by atoms with Gasteiger partial charge in [0, 0.05) is 22.9 Å². The molecule has 0 spiro atoms.